The van der Waals surface area contributed by atoms with Crippen molar-refractivity contribution in [2.75, 3.05) is 0 Å². The molecule has 0 saturated carbocycles. The van der Waals surface area contributed by atoms with Gasteiger partial charge in [-0.25, -0.2) is 4.39 Å². The molecule has 0 spiro atoms. The van der Waals surface area contributed by atoms with E-state index in [1.165, 1.54) is 23.5 Å². The van der Waals surface area contributed by atoms with Crippen molar-refractivity contribution in [3.63, 3.8) is 0 Å². The predicted molar refractivity (Wildman–Crippen MR) is 77.2 cm³/mol. The molecule has 2 N–H and O–H groups in total. The van der Waals surface area contributed by atoms with Crippen molar-refractivity contribution >= 4 is 54.8 Å². The van der Waals surface area contributed by atoms with E-state index in [9.17, 15) is 4.39 Å². The minimum Gasteiger partial charge on any atom is -0.320 e. The third-order valence-corrected chi connectivity index (χ3v) is 5.01. The zero-order chi connectivity index (χ0) is 12.6. The SMILES string of the molecule is NC(c1ccc(Cl)c(F)c1)c1cc(Br)sc1Br. The molecule has 1 heterocycles. The standard InChI is InChI=1S/C11H7Br2ClFNS/c12-9-4-6(11(13)17-9)10(16)5-1-2-7(14)8(15)3-5/h1-4,10H,16H2. The largest absolute Gasteiger partial charge is 0.320 e. The Balaban J connectivity index is 2.40. The quantitative estimate of drug-likeness (QED) is 0.746. The molecule has 0 radical (unpaired) electrons. The van der Waals surface area contributed by atoms with Crippen LogP contribution in [0.15, 0.2) is 31.8 Å². The van der Waals surface area contributed by atoms with Gasteiger partial charge in [-0.2, -0.15) is 0 Å². The van der Waals surface area contributed by atoms with Gasteiger partial charge >= 0.3 is 0 Å². The van der Waals surface area contributed by atoms with Crippen LogP contribution in [0.25, 0.3) is 0 Å². The molecule has 1 nitrogen and oxygen atoms in total. The Bertz CT molecular complexity index is 558. The third-order valence-electron chi connectivity index (χ3n) is 2.32. The average Bonchev–Trinajstić information content (AvgIpc) is 2.61. The fourth-order valence-corrected chi connectivity index (χ4v) is 4.50. The second kappa shape index (κ2) is 5.36. The summed E-state index contributed by atoms with van der Waals surface area (Å²) in [7, 11) is 0. The predicted octanol–water partition coefficient (Wildman–Crippen LogP) is 5.11. The fraction of sp³-hybridized carbons (Fsp3) is 0.0909. The summed E-state index contributed by atoms with van der Waals surface area (Å²) in [6.07, 6.45) is 0. The zero-order valence-electron chi connectivity index (χ0n) is 8.38. The van der Waals surface area contributed by atoms with Crippen LogP contribution in [0, 0.1) is 5.82 Å². The van der Waals surface area contributed by atoms with E-state index in [0.29, 0.717) is 5.56 Å². The maximum Gasteiger partial charge on any atom is 0.142 e. The second-order valence-electron chi connectivity index (χ2n) is 3.43. The van der Waals surface area contributed by atoms with Crippen molar-refractivity contribution < 1.29 is 4.39 Å². The van der Waals surface area contributed by atoms with E-state index in [-0.39, 0.29) is 11.1 Å². The Labute approximate surface area is 124 Å². The summed E-state index contributed by atoms with van der Waals surface area (Å²) < 4.78 is 15.3. The van der Waals surface area contributed by atoms with E-state index in [4.69, 9.17) is 17.3 Å². The molecule has 17 heavy (non-hydrogen) atoms. The van der Waals surface area contributed by atoms with Gasteiger partial charge in [0.15, 0.2) is 0 Å². The Morgan fingerprint density at radius 2 is 2.00 bits per heavy atom. The zero-order valence-corrected chi connectivity index (χ0v) is 13.1. The van der Waals surface area contributed by atoms with E-state index in [1.807, 2.05) is 6.07 Å². The normalized spacial score (nSPS) is 12.8. The van der Waals surface area contributed by atoms with E-state index in [1.54, 1.807) is 6.07 Å². The lowest BCUT2D eigenvalue weighted by molar-refractivity contribution is 0.624. The summed E-state index contributed by atoms with van der Waals surface area (Å²) in [5.74, 6) is -0.454. The van der Waals surface area contributed by atoms with Crippen molar-refractivity contribution in [2.24, 2.45) is 5.73 Å². The summed E-state index contributed by atoms with van der Waals surface area (Å²) in [5.41, 5.74) is 7.71. The number of benzene rings is 1. The summed E-state index contributed by atoms with van der Waals surface area (Å²) in [4.78, 5) is 0. The van der Waals surface area contributed by atoms with Gasteiger partial charge in [0, 0.05) is 0 Å². The highest BCUT2D eigenvalue weighted by Crippen LogP contribution is 2.37. The Morgan fingerprint density at radius 3 is 2.53 bits per heavy atom. The van der Waals surface area contributed by atoms with Crippen LogP contribution < -0.4 is 5.73 Å². The van der Waals surface area contributed by atoms with Crippen molar-refractivity contribution in [1.82, 2.24) is 0 Å². The maximum atomic E-state index is 13.4. The topological polar surface area (TPSA) is 26.0 Å². The van der Waals surface area contributed by atoms with Gasteiger partial charge in [0.05, 0.1) is 18.6 Å². The highest BCUT2D eigenvalue weighted by molar-refractivity contribution is 9.12. The smallest absolute Gasteiger partial charge is 0.142 e. The first-order valence-corrected chi connectivity index (χ1v) is 7.42. The third kappa shape index (κ3) is 2.90. The first kappa shape index (κ1) is 13.5. The monoisotopic (exact) mass is 397 g/mol. The van der Waals surface area contributed by atoms with Crippen molar-refractivity contribution in [3.05, 3.63) is 53.8 Å². The van der Waals surface area contributed by atoms with Gasteiger partial charge in [-0.15, -0.1) is 11.3 Å². The minimum absolute atomic E-state index is 0.103. The molecule has 1 aromatic heterocycles. The van der Waals surface area contributed by atoms with E-state index < -0.39 is 5.82 Å². The molecule has 0 aliphatic carbocycles. The lowest BCUT2D eigenvalue weighted by atomic mass is 10.0. The van der Waals surface area contributed by atoms with Crippen molar-refractivity contribution in [1.29, 1.82) is 0 Å². The Hall–Kier alpha value is 0.0600. The number of rotatable bonds is 2. The molecule has 0 saturated heterocycles. The van der Waals surface area contributed by atoms with Crippen LogP contribution in [-0.4, -0.2) is 0 Å². The van der Waals surface area contributed by atoms with E-state index in [0.717, 1.165) is 13.1 Å². The molecule has 90 valence electrons. The number of hydrogen-bond acceptors (Lipinski definition) is 2. The highest BCUT2D eigenvalue weighted by Gasteiger charge is 2.16. The van der Waals surface area contributed by atoms with Crippen LogP contribution in [0.4, 0.5) is 4.39 Å². The van der Waals surface area contributed by atoms with Gasteiger partial charge in [0.1, 0.15) is 5.82 Å². The summed E-state index contributed by atoms with van der Waals surface area (Å²) in [6.45, 7) is 0. The van der Waals surface area contributed by atoms with Crippen LogP contribution in [0.3, 0.4) is 0 Å². The van der Waals surface area contributed by atoms with Gasteiger partial charge in [-0.3, -0.25) is 0 Å². The molecule has 1 aromatic carbocycles. The first-order valence-electron chi connectivity index (χ1n) is 4.64. The molecule has 0 fully saturated rings. The summed E-state index contributed by atoms with van der Waals surface area (Å²) in [6, 6.07) is 6.16. The van der Waals surface area contributed by atoms with Crippen LogP contribution in [0.2, 0.25) is 5.02 Å². The van der Waals surface area contributed by atoms with Crippen molar-refractivity contribution in [2.45, 2.75) is 6.04 Å². The molecule has 0 aliphatic heterocycles. The molecule has 0 amide bonds. The first-order chi connectivity index (χ1) is 7.99. The summed E-state index contributed by atoms with van der Waals surface area (Å²) >= 11 is 14.0. The molecular weight excluding hydrogens is 392 g/mol. The molecule has 1 unspecified atom stereocenters. The molecule has 6 heteroatoms. The molecule has 0 bridgehead atoms. The molecule has 2 rings (SSSR count). The van der Waals surface area contributed by atoms with Crippen LogP contribution in [0.1, 0.15) is 17.2 Å². The lowest BCUT2D eigenvalue weighted by Gasteiger charge is -2.11. The van der Waals surface area contributed by atoms with Gasteiger partial charge in [0.25, 0.3) is 0 Å². The number of halogens is 4. The van der Waals surface area contributed by atoms with Crippen LogP contribution in [-0.2, 0) is 0 Å². The lowest BCUT2D eigenvalue weighted by Crippen LogP contribution is -2.11. The minimum atomic E-state index is -0.454. The average molecular weight is 400 g/mol. The molecule has 2 aromatic rings. The number of hydrogen-bond donors (Lipinski definition) is 1. The number of thiophene rings is 1. The fourth-order valence-electron chi connectivity index (χ4n) is 1.45. The van der Waals surface area contributed by atoms with Crippen LogP contribution >= 0.6 is 54.8 Å². The molecule has 0 aliphatic rings. The van der Waals surface area contributed by atoms with Gasteiger partial charge in [-0.05, 0) is 61.2 Å². The Morgan fingerprint density at radius 1 is 1.29 bits per heavy atom. The van der Waals surface area contributed by atoms with E-state index in [2.05, 4.69) is 31.9 Å². The van der Waals surface area contributed by atoms with Gasteiger partial charge in [0.2, 0.25) is 0 Å². The van der Waals surface area contributed by atoms with Crippen molar-refractivity contribution in [3.8, 4) is 0 Å². The number of nitrogens with two attached hydrogens (primary N) is 1. The van der Waals surface area contributed by atoms with Gasteiger partial charge in [-0.1, -0.05) is 17.7 Å². The molecule has 1 atom stereocenters. The second-order valence-corrected chi connectivity index (χ2v) is 7.59. The highest BCUT2D eigenvalue weighted by atomic mass is 79.9. The van der Waals surface area contributed by atoms with Crippen LogP contribution in [0.5, 0.6) is 0 Å². The maximum absolute atomic E-state index is 13.4. The van der Waals surface area contributed by atoms with Gasteiger partial charge < -0.3 is 5.73 Å². The van der Waals surface area contributed by atoms with E-state index >= 15 is 0 Å². The Kier molecular flexibility index (Phi) is 4.26. The summed E-state index contributed by atoms with van der Waals surface area (Å²) in [5, 5.41) is 0.103. The molecular formula is C11H7Br2ClFNS.